The molecule has 1 atom stereocenters. The maximum atomic E-state index is 12.4. The second-order valence-electron chi connectivity index (χ2n) is 6.52. The topological polar surface area (TPSA) is 20.3 Å². The summed E-state index contributed by atoms with van der Waals surface area (Å²) in [4.78, 5) is 14.5. The van der Waals surface area contributed by atoms with Crippen molar-refractivity contribution in [3.05, 3.63) is 65.7 Å². The first-order valence-electron chi connectivity index (χ1n) is 8.18. The maximum absolute atomic E-state index is 12.4. The van der Waals surface area contributed by atoms with E-state index in [2.05, 4.69) is 47.4 Å². The first-order valence-corrected chi connectivity index (χ1v) is 8.18. The monoisotopic (exact) mass is 305 g/mol. The Morgan fingerprint density at radius 1 is 1.00 bits per heavy atom. The highest BCUT2D eigenvalue weighted by Crippen LogP contribution is 2.29. The molecule has 0 aromatic heterocycles. The Hall–Kier alpha value is -2.19. The van der Waals surface area contributed by atoms with Gasteiger partial charge in [-0.15, -0.1) is 0 Å². The van der Waals surface area contributed by atoms with Gasteiger partial charge in [-0.1, -0.05) is 54.6 Å². The lowest BCUT2D eigenvalue weighted by Crippen LogP contribution is -2.24. The molecule has 0 saturated heterocycles. The number of rotatable bonds is 4. The Bertz CT molecular complexity index is 698. The van der Waals surface area contributed by atoms with Crippen molar-refractivity contribution in [1.82, 2.24) is 4.90 Å². The van der Waals surface area contributed by atoms with E-state index >= 15 is 0 Å². The second kappa shape index (κ2) is 6.93. The van der Waals surface area contributed by atoms with E-state index < -0.39 is 0 Å². The normalized spacial score (nSPS) is 19.7. The van der Waals surface area contributed by atoms with Crippen molar-refractivity contribution >= 4 is 11.9 Å². The minimum atomic E-state index is 0.167. The molecule has 0 aliphatic heterocycles. The van der Waals surface area contributed by atoms with E-state index in [-0.39, 0.29) is 5.92 Å². The van der Waals surface area contributed by atoms with Crippen LogP contribution in [-0.2, 0) is 4.79 Å². The van der Waals surface area contributed by atoms with E-state index in [4.69, 9.17) is 0 Å². The van der Waals surface area contributed by atoms with Crippen LogP contribution in [0.4, 0.5) is 0 Å². The van der Waals surface area contributed by atoms with Crippen LogP contribution in [0.15, 0.2) is 60.2 Å². The molecule has 2 heteroatoms. The lowest BCUT2D eigenvalue weighted by molar-refractivity contribution is -0.118. The van der Waals surface area contributed by atoms with E-state index in [1.165, 1.54) is 11.1 Å². The van der Waals surface area contributed by atoms with E-state index in [0.717, 1.165) is 30.5 Å². The minimum absolute atomic E-state index is 0.167. The van der Waals surface area contributed by atoms with Crippen LogP contribution in [-0.4, -0.2) is 31.3 Å². The molecule has 0 bridgehead atoms. The summed E-state index contributed by atoms with van der Waals surface area (Å²) in [5, 5.41) is 0. The Labute approximate surface area is 138 Å². The second-order valence-corrected chi connectivity index (χ2v) is 6.52. The van der Waals surface area contributed by atoms with E-state index in [1.807, 2.05) is 32.3 Å². The van der Waals surface area contributed by atoms with Crippen LogP contribution < -0.4 is 0 Å². The summed E-state index contributed by atoms with van der Waals surface area (Å²) in [7, 11) is 4.05. The fourth-order valence-corrected chi connectivity index (χ4v) is 3.21. The average Bonchev–Trinajstić information content (AvgIpc) is 2.89. The lowest BCUT2D eigenvalue weighted by atomic mass is 10.0. The standard InChI is InChI=1S/C21H23NO/c1-22(2)15-20-13-12-19(21(20)23)14-16-8-10-18(11-9-16)17-6-4-3-5-7-17/h3-11,14,20H,12-13,15H2,1-2H3/b19-14+. The van der Waals surface area contributed by atoms with Crippen LogP contribution in [0, 0.1) is 5.92 Å². The van der Waals surface area contributed by atoms with Crippen LogP contribution in [0.25, 0.3) is 17.2 Å². The largest absolute Gasteiger partial charge is 0.309 e. The van der Waals surface area contributed by atoms with E-state index in [1.54, 1.807) is 0 Å². The average molecular weight is 305 g/mol. The van der Waals surface area contributed by atoms with Gasteiger partial charge >= 0.3 is 0 Å². The van der Waals surface area contributed by atoms with Gasteiger partial charge in [-0.25, -0.2) is 0 Å². The molecule has 1 unspecified atom stereocenters. The van der Waals surface area contributed by atoms with Gasteiger partial charge in [0.15, 0.2) is 5.78 Å². The summed E-state index contributed by atoms with van der Waals surface area (Å²) in [6.45, 7) is 0.850. The zero-order chi connectivity index (χ0) is 16.2. The zero-order valence-electron chi connectivity index (χ0n) is 13.8. The van der Waals surface area contributed by atoms with Crippen molar-refractivity contribution in [3.8, 4) is 11.1 Å². The summed E-state index contributed by atoms with van der Waals surface area (Å²) in [5.41, 5.74) is 4.51. The number of nitrogens with zero attached hydrogens (tertiary/aromatic N) is 1. The van der Waals surface area contributed by atoms with Gasteiger partial charge < -0.3 is 4.90 Å². The molecule has 23 heavy (non-hydrogen) atoms. The fourth-order valence-electron chi connectivity index (χ4n) is 3.21. The highest BCUT2D eigenvalue weighted by molar-refractivity contribution is 6.03. The maximum Gasteiger partial charge on any atom is 0.163 e. The van der Waals surface area contributed by atoms with Gasteiger partial charge in [0.2, 0.25) is 0 Å². The molecule has 0 heterocycles. The Kier molecular flexibility index (Phi) is 4.73. The molecule has 1 saturated carbocycles. The van der Waals surface area contributed by atoms with Gasteiger partial charge in [-0.3, -0.25) is 4.79 Å². The number of hydrogen-bond acceptors (Lipinski definition) is 2. The van der Waals surface area contributed by atoms with Gasteiger partial charge in [-0.2, -0.15) is 0 Å². The summed E-state index contributed by atoms with van der Waals surface area (Å²) in [6.07, 6.45) is 3.94. The number of carbonyl (C=O) groups excluding carboxylic acids is 1. The Morgan fingerprint density at radius 3 is 2.30 bits per heavy atom. The van der Waals surface area contributed by atoms with Gasteiger partial charge in [0.25, 0.3) is 0 Å². The highest BCUT2D eigenvalue weighted by atomic mass is 16.1. The molecule has 1 fully saturated rings. The zero-order valence-corrected chi connectivity index (χ0v) is 13.8. The quantitative estimate of drug-likeness (QED) is 0.786. The smallest absolute Gasteiger partial charge is 0.163 e. The SMILES string of the molecule is CN(C)CC1CC/C(=C\c2ccc(-c3ccccc3)cc2)C1=O. The molecule has 1 aliphatic carbocycles. The molecule has 1 aliphatic rings. The van der Waals surface area contributed by atoms with Gasteiger partial charge in [0.05, 0.1) is 0 Å². The molecule has 2 nitrogen and oxygen atoms in total. The van der Waals surface area contributed by atoms with Crippen molar-refractivity contribution in [2.24, 2.45) is 5.92 Å². The predicted molar refractivity (Wildman–Crippen MR) is 96.1 cm³/mol. The van der Waals surface area contributed by atoms with Crippen molar-refractivity contribution in [2.45, 2.75) is 12.8 Å². The molecule has 0 amide bonds. The number of benzene rings is 2. The molecule has 118 valence electrons. The van der Waals surface area contributed by atoms with Crippen LogP contribution in [0.5, 0.6) is 0 Å². The van der Waals surface area contributed by atoms with Crippen LogP contribution >= 0.6 is 0 Å². The summed E-state index contributed by atoms with van der Waals surface area (Å²) in [5.74, 6) is 0.491. The number of Topliss-reactive ketones (excluding diaryl/α,β-unsaturated/α-hetero) is 1. The summed E-state index contributed by atoms with van der Waals surface area (Å²) >= 11 is 0. The Morgan fingerprint density at radius 2 is 1.65 bits per heavy atom. The van der Waals surface area contributed by atoms with Crippen molar-refractivity contribution in [3.63, 3.8) is 0 Å². The van der Waals surface area contributed by atoms with Crippen molar-refractivity contribution in [1.29, 1.82) is 0 Å². The molecular weight excluding hydrogens is 282 g/mol. The number of carbonyl (C=O) groups is 1. The first kappa shape index (κ1) is 15.7. The Balaban J connectivity index is 1.75. The first-order chi connectivity index (χ1) is 11.1. The van der Waals surface area contributed by atoms with E-state index in [0.29, 0.717) is 5.78 Å². The molecule has 3 rings (SSSR count). The van der Waals surface area contributed by atoms with E-state index in [9.17, 15) is 4.79 Å². The molecule has 0 N–H and O–H groups in total. The number of hydrogen-bond donors (Lipinski definition) is 0. The third-order valence-electron chi connectivity index (χ3n) is 4.39. The number of ketones is 1. The van der Waals surface area contributed by atoms with Crippen molar-refractivity contribution in [2.75, 3.05) is 20.6 Å². The van der Waals surface area contributed by atoms with Crippen LogP contribution in [0.2, 0.25) is 0 Å². The molecule has 2 aromatic carbocycles. The summed E-state index contributed by atoms with van der Waals surface area (Å²) in [6, 6.07) is 18.8. The number of allylic oxidation sites excluding steroid dienone is 1. The van der Waals surface area contributed by atoms with Gasteiger partial charge in [-0.05, 0) is 55.3 Å². The fraction of sp³-hybridized carbons (Fsp3) is 0.286. The van der Waals surface area contributed by atoms with Crippen molar-refractivity contribution < 1.29 is 4.79 Å². The third-order valence-corrected chi connectivity index (χ3v) is 4.39. The molecule has 0 spiro atoms. The third kappa shape index (κ3) is 3.77. The predicted octanol–water partition coefficient (Wildman–Crippen LogP) is 4.28. The molecule has 0 radical (unpaired) electrons. The highest BCUT2D eigenvalue weighted by Gasteiger charge is 2.29. The molecule has 2 aromatic rings. The molecular formula is C21H23NO. The van der Waals surface area contributed by atoms with Crippen LogP contribution in [0.1, 0.15) is 18.4 Å². The minimum Gasteiger partial charge on any atom is -0.309 e. The lowest BCUT2D eigenvalue weighted by Gasteiger charge is -2.13. The van der Waals surface area contributed by atoms with Crippen LogP contribution in [0.3, 0.4) is 0 Å². The van der Waals surface area contributed by atoms with Gasteiger partial charge in [0, 0.05) is 12.5 Å². The summed E-state index contributed by atoms with van der Waals surface area (Å²) < 4.78 is 0. The van der Waals surface area contributed by atoms with Gasteiger partial charge in [0.1, 0.15) is 0 Å².